The summed E-state index contributed by atoms with van der Waals surface area (Å²) < 4.78 is 16.5. The minimum Gasteiger partial charge on any atom is -0.468 e. The first-order valence-electron chi connectivity index (χ1n) is 5.34. The predicted molar refractivity (Wildman–Crippen MR) is 68.6 cm³/mol. The lowest BCUT2D eigenvalue weighted by Gasteiger charge is -2.28. The molecule has 0 aromatic carbocycles. The molecule has 4 nitrogen and oxygen atoms in total. The molecule has 2 rings (SSSR count). The zero-order valence-corrected chi connectivity index (χ0v) is 11.4. The Labute approximate surface area is 107 Å². The van der Waals surface area contributed by atoms with Crippen molar-refractivity contribution in [3.05, 3.63) is 21.9 Å². The van der Waals surface area contributed by atoms with E-state index in [4.69, 9.17) is 4.74 Å². The molecule has 2 heterocycles. The molecule has 1 aromatic heterocycles. The van der Waals surface area contributed by atoms with Crippen molar-refractivity contribution in [2.75, 3.05) is 18.6 Å². The largest absolute Gasteiger partial charge is 0.468 e. The lowest BCUT2D eigenvalue weighted by Crippen LogP contribution is -2.49. The van der Waals surface area contributed by atoms with Gasteiger partial charge in [-0.15, -0.1) is 11.3 Å². The van der Waals surface area contributed by atoms with Gasteiger partial charge in [-0.05, 0) is 23.9 Å². The van der Waals surface area contributed by atoms with Gasteiger partial charge in [-0.1, -0.05) is 0 Å². The van der Waals surface area contributed by atoms with Crippen LogP contribution in [0.15, 0.2) is 11.4 Å². The van der Waals surface area contributed by atoms with Crippen LogP contribution in [-0.2, 0) is 20.3 Å². The number of aryl methyl sites for hydroxylation is 1. The summed E-state index contributed by atoms with van der Waals surface area (Å²) in [5.74, 6) is 0.569. The number of rotatable bonds is 2. The standard InChI is InChI=1S/C11H15NO3S2/c1-7-3-4-16-10(7)8-5-17(14)6-9(12-8)11(13)15-2/h3-4,8-9,12H,5-6H2,1-2H3. The Morgan fingerprint density at radius 2 is 2.35 bits per heavy atom. The van der Waals surface area contributed by atoms with Gasteiger partial charge in [-0.3, -0.25) is 14.3 Å². The Bertz CT molecular complexity index is 444. The number of thiophene rings is 1. The number of ether oxygens (including phenoxy) is 1. The van der Waals surface area contributed by atoms with E-state index in [1.165, 1.54) is 12.7 Å². The van der Waals surface area contributed by atoms with Gasteiger partial charge in [0.15, 0.2) is 0 Å². The fourth-order valence-corrected chi connectivity index (χ4v) is 4.42. The maximum atomic E-state index is 11.8. The van der Waals surface area contributed by atoms with Crippen LogP contribution in [0.5, 0.6) is 0 Å². The molecule has 0 aliphatic carbocycles. The van der Waals surface area contributed by atoms with Crippen molar-refractivity contribution < 1.29 is 13.7 Å². The molecule has 94 valence electrons. The molecule has 1 N–H and O–H groups in total. The number of carbonyl (C=O) groups is 1. The van der Waals surface area contributed by atoms with E-state index in [9.17, 15) is 9.00 Å². The van der Waals surface area contributed by atoms with Crippen LogP contribution in [-0.4, -0.2) is 34.8 Å². The van der Waals surface area contributed by atoms with Crippen LogP contribution in [0.4, 0.5) is 0 Å². The predicted octanol–water partition coefficient (Wildman–Crippen LogP) is 0.991. The Hall–Kier alpha value is -0.720. The Morgan fingerprint density at radius 1 is 1.59 bits per heavy atom. The van der Waals surface area contributed by atoms with Gasteiger partial charge in [0.05, 0.1) is 13.2 Å². The van der Waals surface area contributed by atoms with E-state index in [0.717, 1.165) is 4.88 Å². The molecule has 1 aromatic rings. The number of nitrogens with one attached hydrogen (secondary N) is 1. The summed E-state index contributed by atoms with van der Waals surface area (Å²) in [6.07, 6.45) is 0. The fraction of sp³-hybridized carbons (Fsp3) is 0.545. The molecule has 1 aliphatic rings. The van der Waals surface area contributed by atoms with Crippen molar-refractivity contribution in [1.82, 2.24) is 5.32 Å². The van der Waals surface area contributed by atoms with Gasteiger partial charge in [-0.25, -0.2) is 0 Å². The highest BCUT2D eigenvalue weighted by Crippen LogP contribution is 2.27. The lowest BCUT2D eigenvalue weighted by molar-refractivity contribution is -0.142. The second-order valence-corrected chi connectivity index (χ2v) is 6.53. The van der Waals surface area contributed by atoms with E-state index in [1.807, 2.05) is 18.4 Å². The highest BCUT2D eigenvalue weighted by molar-refractivity contribution is 7.85. The average Bonchev–Trinajstić information content (AvgIpc) is 2.73. The van der Waals surface area contributed by atoms with Crippen LogP contribution in [0.2, 0.25) is 0 Å². The summed E-state index contributed by atoms with van der Waals surface area (Å²) in [7, 11) is 0.382. The summed E-state index contributed by atoms with van der Waals surface area (Å²) in [6, 6.07) is 1.57. The van der Waals surface area contributed by atoms with Crippen LogP contribution >= 0.6 is 11.3 Å². The third-order valence-electron chi connectivity index (χ3n) is 2.81. The molecule has 1 fully saturated rings. The van der Waals surface area contributed by atoms with Gasteiger partial charge in [0, 0.05) is 27.2 Å². The van der Waals surface area contributed by atoms with Crippen molar-refractivity contribution in [3.8, 4) is 0 Å². The third-order valence-corrected chi connectivity index (χ3v) is 5.35. The maximum Gasteiger partial charge on any atom is 0.323 e. The van der Waals surface area contributed by atoms with Crippen molar-refractivity contribution >= 4 is 28.1 Å². The second kappa shape index (κ2) is 5.29. The van der Waals surface area contributed by atoms with Crippen molar-refractivity contribution in [2.24, 2.45) is 0 Å². The van der Waals surface area contributed by atoms with Crippen molar-refractivity contribution in [1.29, 1.82) is 0 Å². The number of carbonyl (C=O) groups excluding carboxylic acids is 1. The van der Waals surface area contributed by atoms with Gasteiger partial charge in [-0.2, -0.15) is 0 Å². The highest BCUT2D eigenvalue weighted by atomic mass is 32.2. The molecule has 1 aliphatic heterocycles. The van der Waals surface area contributed by atoms with Gasteiger partial charge < -0.3 is 4.74 Å². The first kappa shape index (κ1) is 12.7. The SMILES string of the molecule is COC(=O)C1CS(=O)CC(c2sccc2C)N1. The van der Waals surface area contributed by atoms with E-state index >= 15 is 0 Å². The molecule has 0 saturated carbocycles. The quantitative estimate of drug-likeness (QED) is 0.817. The fourth-order valence-electron chi connectivity index (χ4n) is 1.95. The molecule has 1 saturated heterocycles. The smallest absolute Gasteiger partial charge is 0.323 e. The Balaban J connectivity index is 2.17. The van der Waals surface area contributed by atoms with E-state index < -0.39 is 16.8 Å². The molecule has 0 spiro atoms. The Morgan fingerprint density at radius 3 is 2.94 bits per heavy atom. The van der Waals surface area contributed by atoms with Crippen LogP contribution in [0.25, 0.3) is 0 Å². The highest BCUT2D eigenvalue weighted by Gasteiger charge is 2.32. The van der Waals surface area contributed by atoms with Crippen LogP contribution in [0.3, 0.4) is 0 Å². The third kappa shape index (κ3) is 2.75. The topological polar surface area (TPSA) is 55.4 Å². The van der Waals surface area contributed by atoms with Gasteiger partial charge in [0.1, 0.15) is 6.04 Å². The van der Waals surface area contributed by atoms with E-state index in [0.29, 0.717) is 11.5 Å². The summed E-state index contributed by atoms with van der Waals surface area (Å²) in [5.41, 5.74) is 1.18. The first-order chi connectivity index (χ1) is 8.11. The molecule has 0 radical (unpaired) electrons. The van der Waals surface area contributed by atoms with Gasteiger partial charge in [0.2, 0.25) is 0 Å². The minimum atomic E-state index is -0.972. The van der Waals surface area contributed by atoms with Crippen molar-refractivity contribution in [3.63, 3.8) is 0 Å². The number of hydrogen-bond donors (Lipinski definition) is 1. The average molecular weight is 273 g/mol. The van der Waals surface area contributed by atoms with E-state index in [2.05, 4.69) is 5.32 Å². The van der Waals surface area contributed by atoms with Crippen LogP contribution in [0, 0.1) is 6.92 Å². The van der Waals surface area contributed by atoms with E-state index in [1.54, 1.807) is 11.3 Å². The minimum absolute atomic E-state index is 0.00585. The second-order valence-electron chi connectivity index (χ2n) is 4.04. The molecule has 6 heteroatoms. The molecule has 0 bridgehead atoms. The molecule has 0 amide bonds. The van der Waals surface area contributed by atoms with Gasteiger partial charge >= 0.3 is 5.97 Å². The normalized spacial score (nSPS) is 28.9. The summed E-state index contributed by atoms with van der Waals surface area (Å²) >= 11 is 1.63. The zero-order valence-electron chi connectivity index (χ0n) is 9.76. The molecular formula is C11H15NO3S2. The number of esters is 1. The monoisotopic (exact) mass is 273 g/mol. The van der Waals surface area contributed by atoms with Crippen LogP contribution in [0.1, 0.15) is 16.5 Å². The van der Waals surface area contributed by atoms with E-state index in [-0.39, 0.29) is 12.0 Å². The first-order valence-corrected chi connectivity index (χ1v) is 7.71. The summed E-state index contributed by atoms with van der Waals surface area (Å²) in [6.45, 7) is 2.03. The molecule has 3 unspecified atom stereocenters. The van der Waals surface area contributed by atoms with Crippen molar-refractivity contribution in [2.45, 2.75) is 19.0 Å². The summed E-state index contributed by atoms with van der Waals surface area (Å²) in [5, 5.41) is 5.23. The zero-order chi connectivity index (χ0) is 12.4. The molecular weight excluding hydrogens is 258 g/mol. The number of hydrogen-bond acceptors (Lipinski definition) is 5. The maximum absolute atomic E-state index is 11.8. The lowest BCUT2D eigenvalue weighted by atomic mass is 10.1. The molecule has 17 heavy (non-hydrogen) atoms. The molecule has 3 atom stereocenters. The summed E-state index contributed by atoms with van der Waals surface area (Å²) in [4.78, 5) is 12.7. The Kier molecular flexibility index (Phi) is 3.96. The number of methoxy groups -OCH3 is 1. The van der Waals surface area contributed by atoms with Gasteiger partial charge in [0.25, 0.3) is 0 Å². The van der Waals surface area contributed by atoms with Crippen LogP contribution < -0.4 is 5.32 Å².